The van der Waals surface area contributed by atoms with Crippen LogP contribution in [0.3, 0.4) is 0 Å². The largest absolute Gasteiger partial charge is 0.466 e. The number of nitrogens with zero attached hydrogens (tertiary/aromatic N) is 2. The molecule has 30 heavy (non-hydrogen) atoms. The molecule has 1 aliphatic heterocycles. The molecule has 0 radical (unpaired) electrons. The van der Waals surface area contributed by atoms with Crippen molar-refractivity contribution in [3.8, 4) is 11.1 Å². The van der Waals surface area contributed by atoms with Crippen LogP contribution >= 0.6 is 23.2 Å². The Morgan fingerprint density at radius 1 is 1.27 bits per heavy atom. The number of hydrogen-bond donors (Lipinski definition) is 0. The smallest absolute Gasteiger partial charge is 0.306 e. The molecule has 10 heteroatoms. The van der Waals surface area contributed by atoms with Gasteiger partial charge in [-0.1, -0.05) is 29.3 Å². The van der Waals surface area contributed by atoms with Crippen molar-refractivity contribution in [1.29, 1.82) is 0 Å². The Kier molecular flexibility index (Phi) is 7.36. The highest BCUT2D eigenvalue weighted by Gasteiger charge is 2.32. The summed E-state index contributed by atoms with van der Waals surface area (Å²) in [6, 6.07) is 6.72. The van der Waals surface area contributed by atoms with E-state index >= 15 is 0 Å². The lowest BCUT2D eigenvalue weighted by atomic mass is 10.1. The molecular weight excluding hydrogens is 451 g/mol. The first-order chi connectivity index (χ1) is 14.2. The van der Waals surface area contributed by atoms with Gasteiger partial charge in [0.1, 0.15) is 4.90 Å². The zero-order valence-electron chi connectivity index (χ0n) is 16.6. The zero-order chi connectivity index (χ0) is 21.9. The molecule has 0 amide bonds. The maximum absolute atomic E-state index is 12.9. The number of carbonyl (C=O) groups is 1. The standard InChI is InChI=1S/C20H22Cl2N2O5S/c1-3-28-19(25)7-6-15-5-4-13(10-23-15)14-8-17(21)20(18(22)9-14)30(26,27)24(2)11-16-12-29-16/h4-5,8-10,16H,3,6-7,11-12H2,1-2H3/t16-/m0/s1. The number of halogens is 2. The number of carbonyl (C=O) groups excluding carboxylic acids is 1. The van der Waals surface area contributed by atoms with Gasteiger partial charge in [0.2, 0.25) is 10.0 Å². The van der Waals surface area contributed by atoms with Crippen LogP contribution < -0.4 is 0 Å². The lowest BCUT2D eigenvalue weighted by Crippen LogP contribution is -2.31. The highest BCUT2D eigenvalue weighted by atomic mass is 35.5. The quantitative estimate of drug-likeness (QED) is 0.409. The van der Waals surface area contributed by atoms with Gasteiger partial charge in [0.05, 0.1) is 35.8 Å². The van der Waals surface area contributed by atoms with Gasteiger partial charge in [0.15, 0.2) is 0 Å². The van der Waals surface area contributed by atoms with E-state index in [1.165, 1.54) is 11.4 Å². The van der Waals surface area contributed by atoms with Crippen LogP contribution in [0.2, 0.25) is 10.0 Å². The van der Waals surface area contributed by atoms with E-state index in [2.05, 4.69) is 4.98 Å². The Bertz CT molecular complexity index is 1000. The predicted molar refractivity (Wildman–Crippen MR) is 114 cm³/mol. The number of sulfonamides is 1. The minimum absolute atomic E-state index is 0.0347. The Balaban J connectivity index is 1.78. The van der Waals surface area contributed by atoms with Gasteiger partial charge in [-0.3, -0.25) is 9.78 Å². The molecule has 7 nitrogen and oxygen atoms in total. The van der Waals surface area contributed by atoms with E-state index in [0.29, 0.717) is 25.2 Å². The molecule has 1 saturated heterocycles. The number of aromatic nitrogens is 1. The van der Waals surface area contributed by atoms with E-state index in [9.17, 15) is 13.2 Å². The molecule has 1 atom stereocenters. The molecule has 2 aromatic rings. The van der Waals surface area contributed by atoms with Gasteiger partial charge in [-0.15, -0.1) is 0 Å². The minimum atomic E-state index is -3.85. The van der Waals surface area contributed by atoms with Crippen molar-refractivity contribution in [3.05, 3.63) is 46.2 Å². The molecule has 1 aliphatic rings. The van der Waals surface area contributed by atoms with Crippen molar-refractivity contribution in [2.45, 2.75) is 30.8 Å². The first-order valence-electron chi connectivity index (χ1n) is 9.40. The van der Waals surface area contributed by atoms with Crippen LogP contribution in [-0.4, -0.2) is 56.6 Å². The van der Waals surface area contributed by atoms with Crippen LogP contribution in [0.4, 0.5) is 0 Å². The number of rotatable bonds is 9. The van der Waals surface area contributed by atoms with Crippen molar-refractivity contribution in [2.24, 2.45) is 0 Å². The molecule has 0 aliphatic carbocycles. The summed E-state index contributed by atoms with van der Waals surface area (Å²) in [5.74, 6) is -0.267. The van der Waals surface area contributed by atoms with Crippen LogP contribution in [0.5, 0.6) is 0 Å². The van der Waals surface area contributed by atoms with Gasteiger partial charge < -0.3 is 9.47 Å². The second kappa shape index (κ2) is 9.62. The molecule has 2 heterocycles. The molecular formula is C20H22Cl2N2O5S. The van der Waals surface area contributed by atoms with Gasteiger partial charge in [0, 0.05) is 37.5 Å². The lowest BCUT2D eigenvalue weighted by molar-refractivity contribution is -0.143. The molecule has 0 bridgehead atoms. The predicted octanol–water partition coefficient (Wildman–Crippen LogP) is 3.57. The number of benzene rings is 1. The monoisotopic (exact) mass is 472 g/mol. The molecule has 0 N–H and O–H groups in total. The van der Waals surface area contributed by atoms with E-state index < -0.39 is 10.0 Å². The summed E-state index contributed by atoms with van der Waals surface area (Å²) < 4.78 is 36.9. The maximum Gasteiger partial charge on any atom is 0.306 e. The molecule has 0 unspecified atom stereocenters. The molecule has 162 valence electrons. The van der Waals surface area contributed by atoms with Crippen molar-refractivity contribution < 1.29 is 22.7 Å². The Morgan fingerprint density at radius 2 is 1.93 bits per heavy atom. The Morgan fingerprint density at radius 3 is 2.47 bits per heavy atom. The molecule has 0 saturated carbocycles. The van der Waals surface area contributed by atoms with Gasteiger partial charge in [-0.2, -0.15) is 4.31 Å². The number of ether oxygens (including phenoxy) is 2. The van der Waals surface area contributed by atoms with E-state index in [4.69, 9.17) is 32.7 Å². The van der Waals surface area contributed by atoms with Crippen molar-refractivity contribution in [1.82, 2.24) is 9.29 Å². The van der Waals surface area contributed by atoms with Crippen molar-refractivity contribution in [3.63, 3.8) is 0 Å². The maximum atomic E-state index is 12.9. The second-order valence-corrected chi connectivity index (χ2v) is 9.65. The van der Waals surface area contributed by atoms with Gasteiger partial charge in [-0.25, -0.2) is 8.42 Å². The third-order valence-corrected chi connectivity index (χ3v) is 7.32. The van der Waals surface area contributed by atoms with E-state index in [1.807, 2.05) is 6.07 Å². The zero-order valence-corrected chi connectivity index (χ0v) is 18.9. The SMILES string of the molecule is CCOC(=O)CCc1ccc(-c2cc(Cl)c(S(=O)(=O)N(C)C[C@H]3CO3)c(Cl)c2)cn1. The summed E-state index contributed by atoms with van der Waals surface area (Å²) in [6.45, 7) is 2.90. The number of esters is 1. The number of epoxide rings is 1. The van der Waals surface area contributed by atoms with Crippen LogP contribution in [0.15, 0.2) is 35.4 Å². The number of likely N-dealkylation sites (N-methyl/N-ethyl adjacent to an activating group) is 1. The number of pyridine rings is 1. The Hall–Kier alpha value is -1.71. The first-order valence-corrected chi connectivity index (χ1v) is 11.6. The summed E-state index contributed by atoms with van der Waals surface area (Å²) in [7, 11) is -2.38. The molecule has 3 rings (SSSR count). The van der Waals surface area contributed by atoms with Crippen LogP contribution in [-0.2, 0) is 30.7 Å². The topological polar surface area (TPSA) is 89.1 Å². The molecule has 0 spiro atoms. The number of aryl methyl sites for hydroxylation is 1. The van der Waals surface area contributed by atoms with Gasteiger partial charge in [-0.05, 0) is 30.7 Å². The summed E-state index contributed by atoms with van der Waals surface area (Å²) in [5, 5.41) is 0.0694. The third-order valence-electron chi connectivity index (χ3n) is 4.58. The fourth-order valence-electron chi connectivity index (χ4n) is 2.89. The fraction of sp³-hybridized carbons (Fsp3) is 0.400. The van der Waals surface area contributed by atoms with E-state index in [-0.39, 0.29) is 40.0 Å². The highest BCUT2D eigenvalue weighted by Crippen LogP contribution is 2.36. The normalized spacial score (nSPS) is 16.0. The van der Waals surface area contributed by atoms with Crippen LogP contribution in [0.1, 0.15) is 19.0 Å². The van der Waals surface area contributed by atoms with Gasteiger partial charge >= 0.3 is 5.97 Å². The second-order valence-electron chi connectivity index (χ2n) is 6.85. The average molecular weight is 473 g/mol. The minimum Gasteiger partial charge on any atom is -0.466 e. The van der Waals surface area contributed by atoms with Gasteiger partial charge in [0.25, 0.3) is 0 Å². The molecule has 1 aromatic carbocycles. The Labute approximate surface area is 186 Å². The summed E-state index contributed by atoms with van der Waals surface area (Å²) in [4.78, 5) is 15.7. The average Bonchev–Trinajstić information content (AvgIpc) is 3.50. The third kappa shape index (κ3) is 5.50. The van der Waals surface area contributed by atoms with E-state index in [0.717, 1.165) is 11.3 Å². The summed E-state index contributed by atoms with van der Waals surface area (Å²) in [6.07, 6.45) is 2.27. The van der Waals surface area contributed by atoms with Crippen molar-refractivity contribution in [2.75, 3.05) is 26.8 Å². The summed E-state index contributed by atoms with van der Waals surface area (Å²) >= 11 is 12.6. The first kappa shape index (κ1) is 23.0. The summed E-state index contributed by atoms with van der Waals surface area (Å²) in [5.41, 5.74) is 2.11. The van der Waals surface area contributed by atoms with Crippen LogP contribution in [0.25, 0.3) is 11.1 Å². The highest BCUT2D eigenvalue weighted by molar-refractivity contribution is 7.89. The number of hydrogen-bond acceptors (Lipinski definition) is 6. The molecule has 1 aromatic heterocycles. The molecule has 1 fully saturated rings. The van der Waals surface area contributed by atoms with Crippen molar-refractivity contribution >= 4 is 39.2 Å². The fourth-order valence-corrected chi connectivity index (χ4v) is 5.25. The van der Waals surface area contributed by atoms with Crippen LogP contribution in [0, 0.1) is 0 Å². The van der Waals surface area contributed by atoms with E-state index in [1.54, 1.807) is 31.3 Å². The lowest BCUT2D eigenvalue weighted by Gasteiger charge is -2.18.